The highest BCUT2D eigenvalue weighted by Gasteiger charge is 2.31. The summed E-state index contributed by atoms with van der Waals surface area (Å²) in [5.74, 6) is 0.638. The quantitative estimate of drug-likeness (QED) is 0.521. The summed E-state index contributed by atoms with van der Waals surface area (Å²) >= 11 is 3.50. The third-order valence-corrected chi connectivity index (χ3v) is 5.59. The van der Waals surface area contributed by atoms with Crippen LogP contribution >= 0.6 is 15.9 Å². The van der Waals surface area contributed by atoms with Gasteiger partial charge in [0.15, 0.2) is 5.78 Å². The summed E-state index contributed by atoms with van der Waals surface area (Å²) < 4.78 is 7.09. The molecule has 0 unspecified atom stereocenters. The number of carbonyl (C=O) groups excluding carboxylic acids is 1. The standard InChI is InChI=1S/C23H22BrNO2/c1-15(2)25-13-20(14-25)27-22-12-19(24)9-10-21(22)23(26)18-8-7-16-5-3-4-6-17(16)11-18/h3-12,15,20H,13-14H2,1-2H3. The van der Waals surface area contributed by atoms with Gasteiger partial charge in [-0.05, 0) is 48.9 Å². The van der Waals surface area contributed by atoms with Gasteiger partial charge in [-0.15, -0.1) is 0 Å². The molecule has 4 rings (SSSR count). The summed E-state index contributed by atoms with van der Waals surface area (Å²) in [5, 5.41) is 2.19. The molecule has 1 saturated heterocycles. The Bertz CT molecular complexity index is 993. The highest BCUT2D eigenvalue weighted by atomic mass is 79.9. The van der Waals surface area contributed by atoms with Crippen LogP contribution in [-0.4, -0.2) is 35.9 Å². The zero-order valence-electron chi connectivity index (χ0n) is 15.5. The predicted octanol–water partition coefficient (Wildman–Crippen LogP) is 5.30. The van der Waals surface area contributed by atoms with Crippen LogP contribution in [0.4, 0.5) is 0 Å². The van der Waals surface area contributed by atoms with Crippen LogP contribution in [0.3, 0.4) is 0 Å². The van der Waals surface area contributed by atoms with E-state index in [0.717, 1.165) is 28.3 Å². The fraction of sp³-hybridized carbons (Fsp3) is 0.261. The summed E-state index contributed by atoms with van der Waals surface area (Å²) in [7, 11) is 0. The van der Waals surface area contributed by atoms with E-state index in [4.69, 9.17) is 4.74 Å². The topological polar surface area (TPSA) is 29.5 Å². The van der Waals surface area contributed by atoms with Crippen molar-refractivity contribution in [3.05, 3.63) is 76.3 Å². The Kier molecular flexibility index (Phi) is 5.02. The molecular formula is C23H22BrNO2. The van der Waals surface area contributed by atoms with Gasteiger partial charge in [-0.1, -0.05) is 52.3 Å². The molecule has 0 radical (unpaired) electrons. The van der Waals surface area contributed by atoms with Crippen LogP contribution in [0.25, 0.3) is 10.8 Å². The minimum absolute atomic E-state index is 0.0108. The molecule has 0 spiro atoms. The number of hydrogen-bond acceptors (Lipinski definition) is 3. The van der Waals surface area contributed by atoms with Gasteiger partial charge >= 0.3 is 0 Å². The van der Waals surface area contributed by atoms with Gasteiger partial charge in [0.1, 0.15) is 11.9 Å². The van der Waals surface area contributed by atoms with E-state index < -0.39 is 0 Å². The summed E-state index contributed by atoms with van der Waals surface area (Å²) in [6, 6.07) is 20.1. The van der Waals surface area contributed by atoms with Crippen LogP contribution in [0.2, 0.25) is 0 Å². The van der Waals surface area contributed by atoms with Gasteiger partial charge in [0, 0.05) is 29.2 Å². The first-order chi connectivity index (χ1) is 13.0. The maximum atomic E-state index is 13.2. The number of nitrogens with zero attached hydrogens (tertiary/aromatic N) is 1. The maximum Gasteiger partial charge on any atom is 0.196 e. The van der Waals surface area contributed by atoms with E-state index in [1.165, 1.54) is 0 Å². The molecule has 138 valence electrons. The Morgan fingerprint density at radius 3 is 2.52 bits per heavy atom. The second-order valence-corrected chi connectivity index (χ2v) is 8.23. The minimum Gasteiger partial charge on any atom is -0.487 e. The third kappa shape index (κ3) is 3.78. The molecule has 0 aromatic heterocycles. The summed E-state index contributed by atoms with van der Waals surface area (Å²) in [6.45, 7) is 6.16. The summed E-state index contributed by atoms with van der Waals surface area (Å²) in [6.07, 6.45) is 0.129. The lowest BCUT2D eigenvalue weighted by atomic mass is 9.99. The lowest BCUT2D eigenvalue weighted by Gasteiger charge is -2.41. The van der Waals surface area contributed by atoms with Gasteiger partial charge in [0.05, 0.1) is 5.56 Å². The second kappa shape index (κ2) is 7.45. The van der Waals surface area contributed by atoms with Gasteiger partial charge < -0.3 is 4.74 Å². The minimum atomic E-state index is -0.0108. The molecule has 1 aliphatic rings. The number of carbonyl (C=O) groups is 1. The number of hydrogen-bond donors (Lipinski definition) is 0. The van der Waals surface area contributed by atoms with Crippen molar-refractivity contribution < 1.29 is 9.53 Å². The van der Waals surface area contributed by atoms with Gasteiger partial charge in [-0.2, -0.15) is 0 Å². The fourth-order valence-electron chi connectivity index (χ4n) is 3.41. The van der Waals surface area contributed by atoms with Crippen molar-refractivity contribution in [2.24, 2.45) is 0 Å². The second-order valence-electron chi connectivity index (χ2n) is 7.32. The maximum absolute atomic E-state index is 13.2. The number of ether oxygens (including phenoxy) is 1. The fourth-order valence-corrected chi connectivity index (χ4v) is 3.75. The molecule has 3 aromatic carbocycles. The first-order valence-corrected chi connectivity index (χ1v) is 10.0. The average Bonchev–Trinajstić information content (AvgIpc) is 2.63. The molecule has 1 aliphatic heterocycles. The van der Waals surface area contributed by atoms with Gasteiger partial charge in [-0.25, -0.2) is 0 Å². The molecule has 27 heavy (non-hydrogen) atoms. The van der Waals surface area contributed by atoms with Crippen LogP contribution in [0, 0.1) is 0 Å². The molecular weight excluding hydrogens is 402 g/mol. The summed E-state index contributed by atoms with van der Waals surface area (Å²) in [5.41, 5.74) is 1.29. The van der Waals surface area contributed by atoms with Crippen LogP contribution in [0.5, 0.6) is 5.75 Å². The zero-order valence-corrected chi connectivity index (χ0v) is 17.1. The number of fused-ring (bicyclic) bond motifs is 1. The average molecular weight is 424 g/mol. The molecule has 0 atom stereocenters. The molecule has 4 heteroatoms. The smallest absolute Gasteiger partial charge is 0.196 e. The van der Waals surface area contributed by atoms with E-state index in [1.54, 1.807) is 0 Å². The number of benzene rings is 3. The van der Waals surface area contributed by atoms with Crippen molar-refractivity contribution in [1.29, 1.82) is 0 Å². The monoisotopic (exact) mass is 423 g/mol. The predicted molar refractivity (Wildman–Crippen MR) is 113 cm³/mol. The van der Waals surface area contributed by atoms with E-state index in [9.17, 15) is 4.79 Å². The molecule has 0 saturated carbocycles. The number of ketones is 1. The molecule has 1 fully saturated rings. The number of halogens is 1. The number of rotatable bonds is 5. The Hall–Kier alpha value is -2.17. The van der Waals surface area contributed by atoms with E-state index in [-0.39, 0.29) is 11.9 Å². The molecule has 0 bridgehead atoms. The normalized spacial score (nSPS) is 15.1. The van der Waals surface area contributed by atoms with Crippen molar-refractivity contribution in [2.75, 3.05) is 13.1 Å². The first-order valence-electron chi connectivity index (χ1n) is 9.25. The molecule has 3 aromatic rings. The molecule has 1 heterocycles. The van der Waals surface area contributed by atoms with Crippen LogP contribution < -0.4 is 4.74 Å². The number of likely N-dealkylation sites (tertiary alicyclic amines) is 1. The van der Waals surface area contributed by atoms with E-state index in [2.05, 4.69) is 40.7 Å². The first kappa shape index (κ1) is 18.2. The van der Waals surface area contributed by atoms with Crippen molar-refractivity contribution >= 4 is 32.5 Å². The molecule has 0 amide bonds. The van der Waals surface area contributed by atoms with Crippen molar-refractivity contribution in [3.63, 3.8) is 0 Å². The van der Waals surface area contributed by atoms with Gasteiger partial charge in [-0.3, -0.25) is 9.69 Å². The lowest BCUT2D eigenvalue weighted by molar-refractivity contribution is -0.000215. The van der Waals surface area contributed by atoms with Crippen LogP contribution in [0.1, 0.15) is 29.8 Å². The van der Waals surface area contributed by atoms with Crippen LogP contribution in [0.15, 0.2) is 65.1 Å². The Balaban J connectivity index is 1.61. The lowest BCUT2D eigenvalue weighted by Crippen LogP contribution is -2.56. The van der Waals surface area contributed by atoms with Gasteiger partial charge in [0.25, 0.3) is 0 Å². The van der Waals surface area contributed by atoms with Crippen molar-refractivity contribution in [1.82, 2.24) is 4.90 Å². The molecule has 0 aliphatic carbocycles. The highest BCUT2D eigenvalue weighted by molar-refractivity contribution is 9.10. The zero-order chi connectivity index (χ0) is 19.0. The van der Waals surface area contributed by atoms with Gasteiger partial charge in [0.2, 0.25) is 0 Å². The van der Waals surface area contributed by atoms with E-state index >= 15 is 0 Å². The Morgan fingerprint density at radius 2 is 1.78 bits per heavy atom. The SMILES string of the molecule is CC(C)N1CC(Oc2cc(Br)ccc2C(=O)c2ccc3ccccc3c2)C1. The Morgan fingerprint density at radius 1 is 1.04 bits per heavy atom. The molecule has 0 N–H and O–H groups in total. The third-order valence-electron chi connectivity index (χ3n) is 5.10. The molecule has 3 nitrogen and oxygen atoms in total. The van der Waals surface area contributed by atoms with Crippen LogP contribution in [-0.2, 0) is 0 Å². The summed E-state index contributed by atoms with van der Waals surface area (Å²) in [4.78, 5) is 15.5. The van der Waals surface area contributed by atoms with E-state index in [0.29, 0.717) is 22.9 Å². The Labute approximate surface area is 168 Å². The highest BCUT2D eigenvalue weighted by Crippen LogP contribution is 2.29. The largest absolute Gasteiger partial charge is 0.487 e. The van der Waals surface area contributed by atoms with Crippen molar-refractivity contribution in [2.45, 2.75) is 26.0 Å². The van der Waals surface area contributed by atoms with E-state index in [1.807, 2.05) is 54.6 Å². The van der Waals surface area contributed by atoms with Crippen molar-refractivity contribution in [3.8, 4) is 5.75 Å².